The average Bonchev–Trinajstić information content (AvgIpc) is 3.23. The summed E-state index contributed by atoms with van der Waals surface area (Å²) in [5, 5.41) is 4.15. The SMILES string of the molecule is CCn1c(-c2cc[n+](C)cc2)nc2c(N3CCOCC3)nc(/C=N/Oc3cccc(C)c3)nc21. The van der Waals surface area contributed by atoms with Crippen LogP contribution in [0.2, 0.25) is 0 Å². The molecule has 4 aromatic rings. The summed E-state index contributed by atoms with van der Waals surface area (Å²) in [5.41, 5.74) is 3.70. The molecule has 0 aliphatic carbocycles. The molecule has 174 valence electrons. The van der Waals surface area contributed by atoms with Crippen molar-refractivity contribution in [3.8, 4) is 17.1 Å². The van der Waals surface area contributed by atoms with E-state index in [1.54, 1.807) is 6.21 Å². The fraction of sp³-hybridized carbons (Fsp3) is 0.320. The number of oxime groups is 1. The molecule has 0 N–H and O–H groups in total. The highest BCUT2D eigenvalue weighted by molar-refractivity contribution is 5.90. The summed E-state index contributed by atoms with van der Waals surface area (Å²) in [5.74, 6) is 2.80. The van der Waals surface area contributed by atoms with Gasteiger partial charge in [-0.25, -0.2) is 19.5 Å². The highest BCUT2D eigenvalue weighted by Crippen LogP contribution is 2.29. The number of aryl methyl sites for hydroxylation is 3. The van der Waals surface area contributed by atoms with Crippen LogP contribution >= 0.6 is 0 Å². The Bertz CT molecular complexity index is 1330. The Kier molecular flexibility index (Phi) is 6.18. The van der Waals surface area contributed by atoms with E-state index in [-0.39, 0.29) is 0 Å². The lowest BCUT2D eigenvalue weighted by Crippen LogP contribution is -2.37. The first-order valence-electron chi connectivity index (χ1n) is 11.5. The van der Waals surface area contributed by atoms with Crippen LogP contribution in [0.25, 0.3) is 22.6 Å². The quantitative estimate of drug-likeness (QED) is 0.251. The smallest absolute Gasteiger partial charge is 0.178 e. The van der Waals surface area contributed by atoms with Gasteiger partial charge >= 0.3 is 0 Å². The van der Waals surface area contributed by atoms with Crippen LogP contribution in [-0.4, -0.2) is 52.0 Å². The van der Waals surface area contributed by atoms with Gasteiger partial charge in [0, 0.05) is 37.3 Å². The minimum atomic E-state index is 0.474. The summed E-state index contributed by atoms with van der Waals surface area (Å²) in [6, 6.07) is 11.9. The zero-order chi connectivity index (χ0) is 23.5. The molecule has 1 saturated heterocycles. The second-order valence-electron chi connectivity index (χ2n) is 8.25. The van der Waals surface area contributed by atoms with Crippen LogP contribution in [0, 0.1) is 6.92 Å². The molecular weight excluding hydrogens is 430 g/mol. The van der Waals surface area contributed by atoms with Crippen molar-refractivity contribution in [2.45, 2.75) is 20.4 Å². The number of benzene rings is 1. The number of aromatic nitrogens is 5. The average molecular weight is 459 g/mol. The van der Waals surface area contributed by atoms with Gasteiger partial charge in [-0.15, -0.1) is 0 Å². The summed E-state index contributed by atoms with van der Waals surface area (Å²) in [6.45, 7) is 7.64. The Balaban J connectivity index is 1.59. The summed E-state index contributed by atoms with van der Waals surface area (Å²) < 4.78 is 9.68. The molecule has 0 radical (unpaired) electrons. The van der Waals surface area contributed by atoms with Gasteiger partial charge in [0.2, 0.25) is 0 Å². The normalized spacial score (nSPS) is 14.3. The molecule has 0 unspecified atom stereocenters. The molecular formula is C25H28N7O2+. The Hall–Kier alpha value is -3.85. The van der Waals surface area contributed by atoms with Gasteiger partial charge in [0.15, 0.2) is 40.9 Å². The minimum Gasteiger partial charge on any atom is -0.378 e. The van der Waals surface area contributed by atoms with Crippen molar-refractivity contribution in [1.29, 1.82) is 0 Å². The second-order valence-corrected chi connectivity index (χ2v) is 8.25. The van der Waals surface area contributed by atoms with Crippen molar-refractivity contribution >= 4 is 23.2 Å². The third-order valence-electron chi connectivity index (χ3n) is 5.77. The lowest BCUT2D eigenvalue weighted by molar-refractivity contribution is -0.671. The molecule has 1 fully saturated rings. The molecule has 34 heavy (non-hydrogen) atoms. The van der Waals surface area contributed by atoms with E-state index in [0.29, 0.717) is 24.8 Å². The van der Waals surface area contributed by atoms with Gasteiger partial charge in [0.25, 0.3) is 0 Å². The van der Waals surface area contributed by atoms with Crippen LogP contribution in [0.15, 0.2) is 53.9 Å². The first kappa shape index (κ1) is 22.0. The molecule has 0 saturated carbocycles. The molecule has 9 heteroatoms. The fourth-order valence-corrected chi connectivity index (χ4v) is 4.03. The predicted octanol–water partition coefficient (Wildman–Crippen LogP) is 2.90. The van der Waals surface area contributed by atoms with Crippen LogP contribution in [0.5, 0.6) is 5.75 Å². The molecule has 9 nitrogen and oxygen atoms in total. The molecule has 1 aliphatic rings. The predicted molar refractivity (Wildman–Crippen MR) is 130 cm³/mol. The van der Waals surface area contributed by atoms with Crippen molar-refractivity contribution in [3.05, 3.63) is 60.2 Å². The van der Waals surface area contributed by atoms with Crippen molar-refractivity contribution in [2.75, 3.05) is 31.2 Å². The van der Waals surface area contributed by atoms with E-state index in [1.165, 1.54) is 0 Å². The summed E-state index contributed by atoms with van der Waals surface area (Å²) in [6.07, 6.45) is 5.59. The number of nitrogens with zero attached hydrogens (tertiary/aromatic N) is 7. The molecule has 3 aromatic heterocycles. The van der Waals surface area contributed by atoms with E-state index >= 15 is 0 Å². The van der Waals surface area contributed by atoms with Gasteiger partial charge in [-0.05, 0) is 31.5 Å². The number of hydrogen-bond donors (Lipinski definition) is 0. The zero-order valence-electron chi connectivity index (χ0n) is 19.7. The van der Waals surface area contributed by atoms with Gasteiger partial charge < -0.3 is 19.0 Å². The number of pyridine rings is 1. The molecule has 1 aliphatic heterocycles. The Morgan fingerprint density at radius 2 is 1.91 bits per heavy atom. The maximum Gasteiger partial charge on any atom is 0.178 e. The van der Waals surface area contributed by atoms with Crippen molar-refractivity contribution in [1.82, 2.24) is 19.5 Å². The van der Waals surface area contributed by atoms with Crippen LogP contribution < -0.4 is 14.3 Å². The first-order chi connectivity index (χ1) is 16.6. The number of rotatable bonds is 6. The van der Waals surface area contributed by atoms with E-state index in [1.807, 2.05) is 55.2 Å². The van der Waals surface area contributed by atoms with Gasteiger partial charge in [-0.3, -0.25) is 0 Å². The van der Waals surface area contributed by atoms with Gasteiger partial charge in [-0.1, -0.05) is 17.3 Å². The fourth-order valence-electron chi connectivity index (χ4n) is 4.03. The van der Waals surface area contributed by atoms with Crippen LogP contribution in [-0.2, 0) is 18.3 Å². The Labute approximate surface area is 198 Å². The standard InChI is InChI=1S/C25H28N7O2/c1-4-32-23(19-8-10-30(3)11-9-19)29-22-24(31-12-14-33-15-13-31)27-21(28-25(22)32)17-26-34-20-7-5-6-18(2)16-20/h5-11,16-17H,4,12-15H2,1-3H3/q+1/b26-17+. The van der Waals surface area contributed by atoms with Crippen LogP contribution in [0.1, 0.15) is 18.3 Å². The molecule has 4 heterocycles. The van der Waals surface area contributed by atoms with Crippen molar-refractivity contribution in [2.24, 2.45) is 12.2 Å². The zero-order valence-corrected chi connectivity index (χ0v) is 19.7. The summed E-state index contributed by atoms with van der Waals surface area (Å²) >= 11 is 0. The number of fused-ring (bicyclic) bond motifs is 1. The van der Waals surface area contributed by atoms with Crippen molar-refractivity contribution in [3.63, 3.8) is 0 Å². The maximum absolute atomic E-state index is 5.56. The maximum atomic E-state index is 5.56. The van der Waals surface area contributed by atoms with E-state index in [2.05, 4.69) is 33.7 Å². The summed E-state index contributed by atoms with van der Waals surface area (Å²) in [4.78, 5) is 22.4. The van der Waals surface area contributed by atoms with E-state index in [9.17, 15) is 0 Å². The topological polar surface area (TPSA) is 81.5 Å². The number of ether oxygens (including phenoxy) is 1. The lowest BCUT2D eigenvalue weighted by Gasteiger charge is -2.27. The number of hydrogen-bond acceptors (Lipinski definition) is 7. The molecule has 0 spiro atoms. The number of anilines is 1. The van der Waals surface area contributed by atoms with Crippen molar-refractivity contribution < 1.29 is 14.1 Å². The Morgan fingerprint density at radius 3 is 2.65 bits per heavy atom. The summed E-state index contributed by atoms with van der Waals surface area (Å²) in [7, 11) is 2.00. The number of imidazole rings is 1. The van der Waals surface area contributed by atoms with Crippen LogP contribution in [0.4, 0.5) is 5.82 Å². The molecule has 0 atom stereocenters. The largest absolute Gasteiger partial charge is 0.378 e. The first-order valence-corrected chi connectivity index (χ1v) is 11.5. The molecule has 5 rings (SSSR count). The van der Waals surface area contributed by atoms with Crippen LogP contribution in [0.3, 0.4) is 0 Å². The second kappa shape index (κ2) is 9.56. The monoisotopic (exact) mass is 458 g/mol. The van der Waals surface area contributed by atoms with Gasteiger partial charge in [-0.2, -0.15) is 0 Å². The third kappa shape index (κ3) is 4.47. The highest BCUT2D eigenvalue weighted by atomic mass is 16.6. The molecule has 0 amide bonds. The third-order valence-corrected chi connectivity index (χ3v) is 5.77. The molecule has 0 bridgehead atoms. The van der Waals surface area contributed by atoms with E-state index < -0.39 is 0 Å². The molecule has 1 aromatic carbocycles. The van der Waals surface area contributed by atoms with Gasteiger partial charge in [0.1, 0.15) is 19.1 Å². The number of morpholine rings is 1. The lowest BCUT2D eigenvalue weighted by atomic mass is 10.2. The van der Waals surface area contributed by atoms with E-state index in [4.69, 9.17) is 24.5 Å². The minimum absolute atomic E-state index is 0.474. The highest BCUT2D eigenvalue weighted by Gasteiger charge is 2.23. The van der Waals surface area contributed by atoms with E-state index in [0.717, 1.165) is 53.6 Å². The van der Waals surface area contributed by atoms with Gasteiger partial charge in [0.05, 0.1) is 13.2 Å². The Morgan fingerprint density at radius 1 is 1.12 bits per heavy atom.